The van der Waals surface area contributed by atoms with Crippen LogP contribution < -0.4 is 0 Å². The van der Waals surface area contributed by atoms with Crippen molar-refractivity contribution in [1.29, 1.82) is 0 Å². The number of rotatable bonds is 5. The molecule has 1 atom stereocenters. The van der Waals surface area contributed by atoms with E-state index < -0.39 is 0 Å². The van der Waals surface area contributed by atoms with Gasteiger partial charge in [-0.05, 0) is 32.1 Å². The van der Waals surface area contributed by atoms with E-state index in [9.17, 15) is 4.79 Å². The van der Waals surface area contributed by atoms with Gasteiger partial charge in [-0.2, -0.15) is 0 Å². The second kappa shape index (κ2) is 7.26. The largest absolute Gasteiger partial charge is 0.339 e. The highest BCUT2D eigenvalue weighted by molar-refractivity contribution is 5.75. The van der Waals surface area contributed by atoms with Crippen LogP contribution >= 0.6 is 0 Å². The Morgan fingerprint density at radius 2 is 2.25 bits per heavy atom. The van der Waals surface area contributed by atoms with Crippen LogP contribution in [0.25, 0.3) is 0 Å². The number of amides is 1. The molecule has 1 amide bonds. The predicted octanol–water partition coefficient (Wildman–Crippen LogP) is 3.16. The topological polar surface area (TPSA) is 20.3 Å². The molecule has 1 unspecified atom stereocenters. The zero-order valence-electron chi connectivity index (χ0n) is 10.5. The molecule has 0 aromatic rings. The van der Waals surface area contributed by atoms with Crippen LogP contribution in [0.2, 0.25) is 0 Å². The van der Waals surface area contributed by atoms with Crippen molar-refractivity contribution in [2.75, 3.05) is 13.1 Å². The third kappa shape index (κ3) is 4.21. The summed E-state index contributed by atoms with van der Waals surface area (Å²) in [5.41, 5.74) is 0. The zero-order chi connectivity index (χ0) is 11.8. The molecule has 1 aliphatic carbocycles. The number of carbonyl (C=O) groups is 1. The highest BCUT2D eigenvalue weighted by atomic mass is 16.2. The summed E-state index contributed by atoms with van der Waals surface area (Å²) >= 11 is 0. The van der Waals surface area contributed by atoms with Crippen molar-refractivity contribution >= 4 is 5.91 Å². The van der Waals surface area contributed by atoms with Gasteiger partial charge in [-0.15, -0.1) is 0 Å². The van der Waals surface area contributed by atoms with E-state index in [0.29, 0.717) is 12.3 Å². The molecule has 90 valence electrons. The molecule has 0 aromatic heterocycles. The number of nitrogens with zero attached hydrogens (tertiary/aromatic N) is 1. The first-order chi connectivity index (χ1) is 7.77. The minimum absolute atomic E-state index is 0.246. The fourth-order valence-electron chi connectivity index (χ4n) is 2.00. The van der Waals surface area contributed by atoms with Gasteiger partial charge in [0.2, 0.25) is 5.91 Å². The lowest BCUT2D eigenvalue weighted by molar-refractivity contribution is -0.130. The standard InChI is InChI=1S/C14H23NO/c1-3-14(16)15(4-2)12-8-11-13-9-6-5-7-10-13/h5-6,8,11,13H,3-4,7,9-10,12H2,1-2H3/b11-8+. The number of carbonyl (C=O) groups excluding carboxylic acids is 1. The number of allylic oxidation sites excluding steroid dienone is 3. The number of hydrogen-bond acceptors (Lipinski definition) is 1. The molecular formula is C14H23NO. The second-order valence-corrected chi connectivity index (χ2v) is 4.26. The number of hydrogen-bond donors (Lipinski definition) is 0. The average molecular weight is 221 g/mol. The van der Waals surface area contributed by atoms with Crippen LogP contribution in [0.4, 0.5) is 0 Å². The van der Waals surface area contributed by atoms with Crippen LogP contribution in [0.3, 0.4) is 0 Å². The summed E-state index contributed by atoms with van der Waals surface area (Å²) in [6.45, 7) is 5.52. The van der Waals surface area contributed by atoms with Gasteiger partial charge in [0, 0.05) is 19.5 Å². The maximum absolute atomic E-state index is 11.5. The molecule has 0 heterocycles. The molecule has 0 saturated heterocycles. The van der Waals surface area contributed by atoms with Crippen LogP contribution in [0.5, 0.6) is 0 Å². The Morgan fingerprint density at radius 1 is 1.44 bits per heavy atom. The first kappa shape index (κ1) is 13.0. The van der Waals surface area contributed by atoms with Crippen molar-refractivity contribution in [3.8, 4) is 0 Å². The average Bonchev–Trinajstić information content (AvgIpc) is 2.35. The summed E-state index contributed by atoms with van der Waals surface area (Å²) in [7, 11) is 0. The van der Waals surface area contributed by atoms with Crippen molar-refractivity contribution in [2.24, 2.45) is 5.92 Å². The third-order valence-electron chi connectivity index (χ3n) is 3.08. The van der Waals surface area contributed by atoms with Crippen LogP contribution in [0, 0.1) is 5.92 Å². The molecule has 0 saturated carbocycles. The second-order valence-electron chi connectivity index (χ2n) is 4.26. The van der Waals surface area contributed by atoms with E-state index in [0.717, 1.165) is 19.5 Å². The van der Waals surface area contributed by atoms with Gasteiger partial charge in [0.25, 0.3) is 0 Å². The van der Waals surface area contributed by atoms with E-state index in [-0.39, 0.29) is 5.91 Å². The quantitative estimate of drug-likeness (QED) is 0.653. The maximum atomic E-state index is 11.5. The van der Waals surface area contributed by atoms with Crippen LogP contribution in [0.15, 0.2) is 24.3 Å². The lowest BCUT2D eigenvalue weighted by atomic mass is 9.94. The fourth-order valence-corrected chi connectivity index (χ4v) is 2.00. The zero-order valence-corrected chi connectivity index (χ0v) is 10.5. The molecule has 0 bridgehead atoms. The highest BCUT2D eigenvalue weighted by Crippen LogP contribution is 2.18. The van der Waals surface area contributed by atoms with Crippen LogP contribution in [-0.2, 0) is 4.79 Å². The van der Waals surface area contributed by atoms with Crippen LogP contribution in [0.1, 0.15) is 39.5 Å². The Labute approximate surface area is 99.0 Å². The molecule has 1 aliphatic rings. The van der Waals surface area contributed by atoms with E-state index in [1.165, 1.54) is 12.8 Å². The van der Waals surface area contributed by atoms with Crippen molar-refractivity contribution in [1.82, 2.24) is 4.90 Å². The van der Waals surface area contributed by atoms with Gasteiger partial charge in [0.15, 0.2) is 0 Å². The summed E-state index contributed by atoms with van der Waals surface area (Å²) in [4.78, 5) is 13.4. The Hall–Kier alpha value is -1.05. The molecule has 2 nitrogen and oxygen atoms in total. The monoisotopic (exact) mass is 221 g/mol. The summed E-state index contributed by atoms with van der Waals surface area (Å²) in [5, 5.41) is 0. The predicted molar refractivity (Wildman–Crippen MR) is 68.2 cm³/mol. The molecule has 1 rings (SSSR count). The Morgan fingerprint density at radius 3 is 2.81 bits per heavy atom. The highest BCUT2D eigenvalue weighted by Gasteiger charge is 2.08. The summed E-state index contributed by atoms with van der Waals surface area (Å²) in [6.07, 6.45) is 13.1. The SMILES string of the molecule is CCC(=O)N(CC)C/C=C/C1CC=CCC1. The molecule has 0 aromatic carbocycles. The smallest absolute Gasteiger partial charge is 0.222 e. The van der Waals surface area contributed by atoms with Crippen molar-refractivity contribution in [2.45, 2.75) is 39.5 Å². The van der Waals surface area contributed by atoms with Gasteiger partial charge in [0.05, 0.1) is 0 Å². The van der Waals surface area contributed by atoms with Gasteiger partial charge in [-0.1, -0.05) is 31.2 Å². The third-order valence-corrected chi connectivity index (χ3v) is 3.08. The summed E-state index contributed by atoms with van der Waals surface area (Å²) in [6, 6.07) is 0. The van der Waals surface area contributed by atoms with E-state index in [4.69, 9.17) is 0 Å². The van der Waals surface area contributed by atoms with E-state index in [2.05, 4.69) is 24.3 Å². The van der Waals surface area contributed by atoms with E-state index in [1.54, 1.807) is 0 Å². The Balaban J connectivity index is 2.33. The molecule has 0 spiro atoms. The van der Waals surface area contributed by atoms with Gasteiger partial charge >= 0.3 is 0 Å². The van der Waals surface area contributed by atoms with Gasteiger partial charge in [-0.3, -0.25) is 4.79 Å². The van der Waals surface area contributed by atoms with Crippen molar-refractivity contribution in [3.05, 3.63) is 24.3 Å². The summed E-state index contributed by atoms with van der Waals surface area (Å²) < 4.78 is 0. The first-order valence-corrected chi connectivity index (χ1v) is 6.37. The minimum atomic E-state index is 0.246. The van der Waals surface area contributed by atoms with E-state index in [1.807, 2.05) is 18.7 Å². The normalized spacial score (nSPS) is 20.2. The van der Waals surface area contributed by atoms with E-state index >= 15 is 0 Å². The molecule has 0 fully saturated rings. The lowest BCUT2D eigenvalue weighted by Gasteiger charge is -2.19. The van der Waals surface area contributed by atoms with Crippen LogP contribution in [-0.4, -0.2) is 23.9 Å². The number of likely N-dealkylation sites (N-methyl/N-ethyl adjacent to an activating group) is 1. The molecule has 0 radical (unpaired) electrons. The fraction of sp³-hybridized carbons (Fsp3) is 0.643. The summed E-state index contributed by atoms with van der Waals surface area (Å²) in [5.74, 6) is 0.927. The lowest BCUT2D eigenvalue weighted by Crippen LogP contribution is -2.30. The van der Waals surface area contributed by atoms with Gasteiger partial charge in [0.1, 0.15) is 0 Å². The maximum Gasteiger partial charge on any atom is 0.222 e. The molecule has 2 heteroatoms. The minimum Gasteiger partial charge on any atom is -0.339 e. The van der Waals surface area contributed by atoms with Gasteiger partial charge < -0.3 is 4.90 Å². The Bertz CT molecular complexity index is 268. The molecular weight excluding hydrogens is 198 g/mol. The Kier molecular flexibility index (Phi) is 5.91. The first-order valence-electron chi connectivity index (χ1n) is 6.37. The van der Waals surface area contributed by atoms with Crippen molar-refractivity contribution < 1.29 is 4.79 Å². The molecule has 0 aliphatic heterocycles. The molecule has 16 heavy (non-hydrogen) atoms. The molecule has 0 N–H and O–H groups in total. The van der Waals surface area contributed by atoms with Gasteiger partial charge in [-0.25, -0.2) is 0 Å². The van der Waals surface area contributed by atoms with Crippen molar-refractivity contribution in [3.63, 3.8) is 0 Å².